The Labute approximate surface area is 132 Å². The Bertz CT molecular complexity index is 825. The summed E-state index contributed by atoms with van der Waals surface area (Å²) in [6.45, 7) is 0. The van der Waals surface area contributed by atoms with Crippen LogP contribution >= 0.6 is 0 Å². The Morgan fingerprint density at radius 2 is 1.87 bits per heavy atom. The number of benzene rings is 2. The van der Waals surface area contributed by atoms with Crippen molar-refractivity contribution in [2.45, 2.75) is 0 Å². The van der Waals surface area contributed by atoms with Gasteiger partial charge in [0.2, 0.25) is 0 Å². The maximum absolute atomic E-state index is 12.8. The Hall–Kier alpha value is -3.28. The molecule has 0 spiro atoms. The predicted octanol–water partition coefficient (Wildman–Crippen LogP) is 2.78. The summed E-state index contributed by atoms with van der Waals surface area (Å²) in [5.41, 5.74) is 4.40. The molecule has 23 heavy (non-hydrogen) atoms. The fraction of sp³-hybridized carbons (Fsp3) is 0. The fourth-order valence-electron chi connectivity index (χ4n) is 1.96. The van der Waals surface area contributed by atoms with Crippen molar-refractivity contribution in [2.24, 2.45) is 5.10 Å². The number of carbonyl (C=O) groups is 1. The van der Waals surface area contributed by atoms with E-state index in [1.165, 1.54) is 30.5 Å². The van der Waals surface area contributed by atoms with Crippen molar-refractivity contribution in [3.05, 3.63) is 83.9 Å². The number of nitrogens with zero attached hydrogens (tertiary/aromatic N) is 3. The second-order valence-electron chi connectivity index (χ2n) is 4.76. The molecule has 3 rings (SSSR count). The molecule has 2 aromatic carbocycles. The summed E-state index contributed by atoms with van der Waals surface area (Å²) in [7, 11) is 0. The zero-order valence-electron chi connectivity index (χ0n) is 12.1. The molecule has 0 aliphatic carbocycles. The summed E-state index contributed by atoms with van der Waals surface area (Å²) >= 11 is 0. The topological polar surface area (TPSA) is 59.3 Å². The van der Waals surface area contributed by atoms with Crippen LogP contribution in [0, 0.1) is 5.82 Å². The number of amides is 1. The van der Waals surface area contributed by atoms with E-state index in [2.05, 4.69) is 15.6 Å². The van der Waals surface area contributed by atoms with Gasteiger partial charge >= 0.3 is 0 Å². The first-order chi connectivity index (χ1) is 11.2. The third kappa shape index (κ3) is 3.68. The van der Waals surface area contributed by atoms with E-state index in [9.17, 15) is 9.18 Å². The minimum absolute atomic E-state index is 0.337. The fourth-order valence-corrected chi connectivity index (χ4v) is 1.96. The molecule has 0 atom stereocenters. The van der Waals surface area contributed by atoms with Gasteiger partial charge in [0, 0.05) is 17.3 Å². The Balaban J connectivity index is 1.63. The SMILES string of the molecule is O=C(N/N=C\c1cnn(-c2ccccc2)c1)c1ccc(F)cc1. The number of nitrogens with one attached hydrogen (secondary N) is 1. The highest BCUT2D eigenvalue weighted by Gasteiger charge is 2.04. The van der Waals surface area contributed by atoms with E-state index in [0.29, 0.717) is 5.56 Å². The maximum atomic E-state index is 12.8. The highest BCUT2D eigenvalue weighted by atomic mass is 19.1. The molecule has 0 radical (unpaired) electrons. The number of hydrazone groups is 1. The zero-order valence-corrected chi connectivity index (χ0v) is 12.1. The molecule has 1 N–H and O–H groups in total. The molecule has 3 aromatic rings. The molecule has 0 bridgehead atoms. The monoisotopic (exact) mass is 308 g/mol. The molecular weight excluding hydrogens is 295 g/mol. The number of hydrogen-bond acceptors (Lipinski definition) is 3. The van der Waals surface area contributed by atoms with E-state index in [1.807, 2.05) is 30.3 Å². The van der Waals surface area contributed by atoms with Crippen LogP contribution in [0.1, 0.15) is 15.9 Å². The molecule has 0 fully saturated rings. The lowest BCUT2D eigenvalue weighted by molar-refractivity contribution is 0.0955. The van der Waals surface area contributed by atoms with Crippen molar-refractivity contribution < 1.29 is 9.18 Å². The molecule has 1 amide bonds. The van der Waals surface area contributed by atoms with E-state index in [1.54, 1.807) is 17.1 Å². The van der Waals surface area contributed by atoms with Crippen molar-refractivity contribution >= 4 is 12.1 Å². The van der Waals surface area contributed by atoms with Crippen LogP contribution in [0.4, 0.5) is 4.39 Å². The van der Waals surface area contributed by atoms with Gasteiger partial charge in [0.15, 0.2) is 0 Å². The van der Waals surface area contributed by atoms with Gasteiger partial charge in [-0.25, -0.2) is 14.5 Å². The van der Waals surface area contributed by atoms with E-state index in [4.69, 9.17) is 0 Å². The third-order valence-corrected chi connectivity index (χ3v) is 3.11. The summed E-state index contributed by atoms with van der Waals surface area (Å²) in [6.07, 6.45) is 4.93. The van der Waals surface area contributed by atoms with Gasteiger partial charge in [-0.3, -0.25) is 4.79 Å². The van der Waals surface area contributed by atoms with Gasteiger partial charge in [-0.1, -0.05) is 18.2 Å². The first-order valence-electron chi connectivity index (χ1n) is 6.91. The normalized spacial score (nSPS) is 10.8. The molecule has 1 heterocycles. The number of aromatic nitrogens is 2. The standard InChI is InChI=1S/C17H13FN4O/c18-15-8-6-14(7-9-15)17(23)21-19-10-13-11-20-22(12-13)16-4-2-1-3-5-16/h1-12H,(H,21,23)/b19-10-. The summed E-state index contributed by atoms with van der Waals surface area (Å²) in [5, 5.41) is 8.10. The van der Waals surface area contributed by atoms with Gasteiger partial charge in [-0.2, -0.15) is 10.2 Å². The van der Waals surface area contributed by atoms with E-state index in [-0.39, 0.29) is 0 Å². The molecule has 0 unspecified atom stereocenters. The van der Waals surface area contributed by atoms with Crippen LogP contribution in [-0.4, -0.2) is 21.9 Å². The van der Waals surface area contributed by atoms with Crippen molar-refractivity contribution in [2.75, 3.05) is 0 Å². The zero-order chi connectivity index (χ0) is 16.1. The average Bonchev–Trinajstić information content (AvgIpc) is 3.05. The highest BCUT2D eigenvalue weighted by Crippen LogP contribution is 2.06. The van der Waals surface area contributed by atoms with E-state index >= 15 is 0 Å². The summed E-state index contributed by atoms with van der Waals surface area (Å²) in [5.74, 6) is -0.796. The Morgan fingerprint density at radius 1 is 1.13 bits per heavy atom. The minimum Gasteiger partial charge on any atom is -0.267 e. The number of carbonyl (C=O) groups excluding carboxylic acids is 1. The van der Waals surface area contributed by atoms with Crippen LogP contribution in [0.15, 0.2) is 72.1 Å². The van der Waals surface area contributed by atoms with Gasteiger partial charge in [0.05, 0.1) is 18.1 Å². The van der Waals surface area contributed by atoms with Crippen LogP contribution < -0.4 is 5.43 Å². The number of halogens is 1. The molecule has 0 aliphatic heterocycles. The lowest BCUT2D eigenvalue weighted by Gasteiger charge is -1.99. The highest BCUT2D eigenvalue weighted by molar-refractivity contribution is 5.94. The third-order valence-electron chi connectivity index (χ3n) is 3.11. The molecular formula is C17H13FN4O. The number of rotatable bonds is 4. The maximum Gasteiger partial charge on any atom is 0.271 e. The molecule has 6 heteroatoms. The summed E-state index contributed by atoms with van der Waals surface area (Å²) in [6, 6.07) is 14.9. The summed E-state index contributed by atoms with van der Waals surface area (Å²) < 4.78 is 14.5. The van der Waals surface area contributed by atoms with Crippen molar-refractivity contribution in [3.63, 3.8) is 0 Å². The molecule has 0 saturated carbocycles. The lowest BCUT2D eigenvalue weighted by atomic mass is 10.2. The second-order valence-corrected chi connectivity index (χ2v) is 4.76. The first kappa shape index (κ1) is 14.6. The van der Waals surface area contributed by atoms with Crippen LogP contribution in [0.2, 0.25) is 0 Å². The smallest absolute Gasteiger partial charge is 0.267 e. The van der Waals surface area contributed by atoms with Crippen LogP contribution in [0.3, 0.4) is 0 Å². The van der Waals surface area contributed by atoms with Crippen molar-refractivity contribution in [1.29, 1.82) is 0 Å². The van der Waals surface area contributed by atoms with Crippen LogP contribution in [0.5, 0.6) is 0 Å². The van der Waals surface area contributed by atoms with Crippen LogP contribution in [-0.2, 0) is 0 Å². The van der Waals surface area contributed by atoms with Gasteiger partial charge in [-0.15, -0.1) is 0 Å². The van der Waals surface area contributed by atoms with Crippen molar-refractivity contribution in [1.82, 2.24) is 15.2 Å². The Morgan fingerprint density at radius 3 is 2.61 bits per heavy atom. The molecule has 0 aliphatic rings. The predicted molar refractivity (Wildman–Crippen MR) is 85.0 cm³/mol. The molecule has 114 valence electrons. The van der Waals surface area contributed by atoms with Crippen molar-refractivity contribution in [3.8, 4) is 5.69 Å². The number of para-hydroxylation sites is 1. The largest absolute Gasteiger partial charge is 0.271 e. The van der Waals surface area contributed by atoms with Gasteiger partial charge in [0.25, 0.3) is 5.91 Å². The summed E-state index contributed by atoms with van der Waals surface area (Å²) in [4.78, 5) is 11.8. The van der Waals surface area contributed by atoms with Crippen LogP contribution in [0.25, 0.3) is 5.69 Å². The molecule has 5 nitrogen and oxygen atoms in total. The first-order valence-corrected chi connectivity index (χ1v) is 6.91. The Kier molecular flexibility index (Phi) is 4.24. The number of hydrogen-bond donors (Lipinski definition) is 1. The van der Waals surface area contributed by atoms with E-state index in [0.717, 1.165) is 11.3 Å². The van der Waals surface area contributed by atoms with E-state index < -0.39 is 11.7 Å². The molecule has 0 saturated heterocycles. The average molecular weight is 308 g/mol. The lowest BCUT2D eigenvalue weighted by Crippen LogP contribution is -2.17. The van der Waals surface area contributed by atoms with Gasteiger partial charge in [-0.05, 0) is 36.4 Å². The second kappa shape index (κ2) is 6.65. The van der Waals surface area contributed by atoms with Gasteiger partial charge < -0.3 is 0 Å². The minimum atomic E-state index is -0.406. The molecule has 1 aromatic heterocycles. The quantitative estimate of drug-likeness (QED) is 0.595. The van der Waals surface area contributed by atoms with Gasteiger partial charge in [0.1, 0.15) is 5.82 Å².